The summed E-state index contributed by atoms with van der Waals surface area (Å²) in [5, 5.41) is 9.33. The van der Waals surface area contributed by atoms with Gasteiger partial charge in [0.15, 0.2) is 8.32 Å². The Kier molecular flexibility index (Phi) is 6.55. The smallest absolute Gasteiger partial charge is 0.192 e. The van der Waals surface area contributed by atoms with Gasteiger partial charge in [-0.1, -0.05) is 52.7 Å². The van der Waals surface area contributed by atoms with Gasteiger partial charge in [-0.3, -0.25) is 0 Å². The SMILES string of the molecule is CC[Si](CC)(CC)O[C@H]1CCC[C@]2(C)C([C@H](C)CCO)=CC[C@@H]12. The zero-order chi connectivity index (χ0) is 17.1. The lowest BCUT2D eigenvalue weighted by molar-refractivity contribution is 0.0171. The Bertz CT molecular complexity index is 408. The number of fused-ring (bicyclic) bond motifs is 1. The normalized spacial score (nSPS) is 32.5. The molecule has 0 aliphatic heterocycles. The molecule has 134 valence electrons. The van der Waals surface area contributed by atoms with Crippen LogP contribution < -0.4 is 0 Å². The summed E-state index contributed by atoms with van der Waals surface area (Å²) >= 11 is 0. The molecule has 1 N–H and O–H groups in total. The molecule has 1 saturated carbocycles. The van der Waals surface area contributed by atoms with Gasteiger partial charge < -0.3 is 9.53 Å². The maximum atomic E-state index is 9.33. The molecule has 3 heteroatoms. The molecular weight excluding hydrogens is 300 g/mol. The van der Waals surface area contributed by atoms with Gasteiger partial charge in [-0.2, -0.15) is 0 Å². The van der Waals surface area contributed by atoms with Gasteiger partial charge in [0.1, 0.15) is 0 Å². The van der Waals surface area contributed by atoms with Crippen molar-refractivity contribution in [2.45, 2.75) is 91.0 Å². The minimum Gasteiger partial charge on any atom is -0.414 e. The van der Waals surface area contributed by atoms with Gasteiger partial charge in [0.25, 0.3) is 0 Å². The van der Waals surface area contributed by atoms with E-state index < -0.39 is 8.32 Å². The average Bonchev–Trinajstić information content (AvgIpc) is 2.91. The van der Waals surface area contributed by atoms with Crippen LogP contribution in [0.1, 0.15) is 66.7 Å². The lowest BCUT2D eigenvalue weighted by atomic mass is 9.63. The van der Waals surface area contributed by atoms with Crippen molar-refractivity contribution in [1.29, 1.82) is 0 Å². The van der Waals surface area contributed by atoms with Crippen molar-refractivity contribution in [2.24, 2.45) is 17.3 Å². The van der Waals surface area contributed by atoms with Crippen LogP contribution in [0.15, 0.2) is 11.6 Å². The molecule has 2 rings (SSSR count). The Morgan fingerprint density at radius 2 is 1.96 bits per heavy atom. The largest absolute Gasteiger partial charge is 0.414 e. The molecule has 2 aliphatic carbocycles. The van der Waals surface area contributed by atoms with E-state index in [2.05, 4.69) is 40.7 Å². The van der Waals surface area contributed by atoms with Crippen LogP contribution in [0.25, 0.3) is 0 Å². The molecular formula is C20H38O2Si. The maximum absolute atomic E-state index is 9.33. The second-order valence-electron chi connectivity index (χ2n) is 8.12. The molecule has 23 heavy (non-hydrogen) atoms. The van der Waals surface area contributed by atoms with E-state index in [4.69, 9.17) is 4.43 Å². The number of hydrogen-bond acceptors (Lipinski definition) is 2. The van der Waals surface area contributed by atoms with Crippen molar-refractivity contribution in [1.82, 2.24) is 0 Å². The fraction of sp³-hybridized carbons (Fsp3) is 0.900. The molecule has 0 spiro atoms. The molecule has 0 aromatic rings. The summed E-state index contributed by atoms with van der Waals surface area (Å²) in [5.41, 5.74) is 1.92. The third-order valence-electron chi connectivity index (χ3n) is 7.13. The van der Waals surface area contributed by atoms with Crippen LogP contribution in [0.4, 0.5) is 0 Å². The second-order valence-corrected chi connectivity index (χ2v) is 12.8. The predicted octanol–water partition coefficient (Wildman–Crippen LogP) is 5.53. The summed E-state index contributed by atoms with van der Waals surface area (Å²) in [6.07, 6.45) is 8.91. The quantitative estimate of drug-likeness (QED) is 0.465. The van der Waals surface area contributed by atoms with Crippen molar-refractivity contribution in [2.75, 3.05) is 6.61 Å². The van der Waals surface area contributed by atoms with Gasteiger partial charge in [0.05, 0.1) is 0 Å². The first-order chi connectivity index (χ1) is 11.0. The van der Waals surface area contributed by atoms with E-state index in [1.807, 2.05) is 0 Å². The molecule has 0 saturated heterocycles. The number of aliphatic hydroxyl groups excluding tert-OH is 1. The second kappa shape index (κ2) is 7.84. The lowest BCUT2D eigenvalue weighted by Crippen LogP contribution is -2.48. The standard InChI is InChI=1S/C20H38O2Si/c1-6-23(7-2,8-3)22-19-10-9-14-20(5)17(11-12-18(19)20)16(4)13-15-21/h11,16,18-19,21H,6-10,12-15H2,1-5H3/t16-,18+,19+,20-/m1/s1. The zero-order valence-electron chi connectivity index (χ0n) is 16.0. The molecule has 2 nitrogen and oxygen atoms in total. The van der Waals surface area contributed by atoms with E-state index in [1.165, 1.54) is 43.8 Å². The van der Waals surface area contributed by atoms with Crippen LogP contribution in [0.2, 0.25) is 18.1 Å². The van der Waals surface area contributed by atoms with Gasteiger partial charge in [0, 0.05) is 12.7 Å². The van der Waals surface area contributed by atoms with Crippen molar-refractivity contribution in [3.05, 3.63) is 11.6 Å². The topological polar surface area (TPSA) is 29.5 Å². The highest BCUT2D eigenvalue weighted by atomic mass is 28.4. The summed E-state index contributed by atoms with van der Waals surface area (Å²) in [6, 6.07) is 3.75. The summed E-state index contributed by atoms with van der Waals surface area (Å²) in [6.45, 7) is 12.1. The van der Waals surface area contributed by atoms with Crippen LogP contribution >= 0.6 is 0 Å². The van der Waals surface area contributed by atoms with E-state index in [1.54, 1.807) is 5.57 Å². The van der Waals surface area contributed by atoms with E-state index >= 15 is 0 Å². The molecule has 0 amide bonds. The van der Waals surface area contributed by atoms with Crippen LogP contribution in [0, 0.1) is 17.3 Å². The summed E-state index contributed by atoms with van der Waals surface area (Å²) in [7, 11) is -1.53. The zero-order valence-corrected chi connectivity index (χ0v) is 17.0. The average molecular weight is 339 g/mol. The molecule has 0 aromatic carbocycles. The Morgan fingerprint density at radius 3 is 2.52 bits per heavy atom. The Balaban J connectivity index is 2.16. The maximum Gasteiger partial charge on any atom is 0.192 e. The predicted molar refractivity (Wildman–Crippen MR) is 101 cm³/mol. The lowest BCUT2D eigenvalue weighted by Gasteiger charge is -2.48. The van der Waals surface area contributed by atoms with Gasteiger partial charge in [-0.15, -0.1) is 0 Å². The minimum absolute atomic E-state index is 0.302. The Hall–Kier alpha value is -0.123. The van der Waals surface area contributed by atoms with Gasteiger partial charge in [-0.05, 0) is 61.1 Å². The Morgan fingerprint density at radius 1 is 1.30 bits per heavy atom. The molecule has 2 aliphatic rings. The number of rotatable bonds is 8. The van der Waals surface area contributed by atoms with E-state index in [9.17, 15) is 5.11 Å². The first-order valence-corrected chi connectivity index (χ1v) is 12.5. The molecule has 0 bridgehead atoms. The van der Waals surface area contributed by atoms with Crippen LogP contribution in [0.5, 0.6) is 0 Å². The fourth-order valence-electron chi connectivity index (χ4n) is 5.30. The van der Waals surface area contributed by atoms with Crippen LogP contribution in [-0.2, 0) is 4.43 Å². The number of aliphatic hydroxyl groups is 1. The Labute approximate surface area is 144 Å². The molecule has 4 atom stereocenters. The summed E-state index contributed by atoms with van der Waals surface area (Å²) in [4.78, 5) is 0. The number of hydrogen-bond donors (Lipinski definition) is 1. The van der Waals surface area contributed by atoms with Crippen molar-refractivity contribution < 1.29 is 9.53 Å². The van der Waals surface area contributed by atoms with E-state index in [0.717, 1.165) is 6.42 Å². The highest BCUT2D eigenvalue weighted by molar-refractivity contribution is 6.73. The molecule has 0 radical (unpaired) electrons. The first kappa shape index (κ1) is 19.2. The molecule has 0 heterocycles. The van der Waals surface area contributed by atoms with Gasteiger partial charge in [-0.25, -0.2) is 0 Å². The highest BCUT2D eigenvalue weighted by Crippen LogP contribution is 2.56. The monoisotopic (exact) mass is 338 g/mol. The molecule has 1 fully saturated rings. The summed E-state index contributed by atoms with van der Waals surface area (Å²) < 4.78 is 6.95. The van der Waals surface area contributed by atoms with E-state index in [-0.39, 0.29) is 0 Å². The van der Waals surface area contributed by atoms with Gasteiger partial charge in [0.2, 0.25) is 0 Å². The third kappa shape index (κ3) is 3.62. The third-order valence-corrected chi connectivity index (χ3v) is 11.8. The minimum atomic E-state index is -1.53. The highest BCUT2D eigenvalue weighted by Gasteiger charge is 2.50. The van der Waals surface area contributed by atoms with Gasteiger partial charge >= 0.3 is 0 Å². The van der Waals surface area contributed by atoms with Crippen molar-refractivity contribution >= 4 is 8.32 Å². The number of allylic oxidation sites excluding steroid dienone is 2. The molecule has 0 aromatic heterocycles. The summed E-state index contributed by atoms with van der Waals surface area (Å²) in [5.74, 6) is 1.18. The van der Waals surface area contributed by atoms with E-state index in [0.29, 0.717) is 30.0 Å². The molecule has 0 unspecified atom stereocenters. The fourth-order valence-corrected chi connectivity index (χ4v) is 8.22. The van der Waals surface area contributed by atoms with Crippen molar-refractivity contribution in [3.8, 4) is 0 Å². The first-order valence-electron chi connectivity index (χ1n) is 9.95. The van der Waals surface area contributed by atoms with Crippen molar-refractivity contribution in [3.63, 3.8) is 0 Å². The van der Waals surface area contributed by atoms with Crippen LogP contribution in [0.3, 0.4) is 0 Å². The van der Waals surface area contributed by atoms with Crippen LogP contribution in [-0.4, -0.2) is 26.1 Å².